The van der Waals surface area contributed by atoms with E-state index in [0.29, 0.717) is 6.42 Å². The SMILES string of the molecule is CCn1ccnc1CC(O)C1(OC)CCCCCC1. The van der Waals surface area contributed by atoms with Gasteiger partial charge in [0.2, 0.25) is 0 Å². The molecule has 1 aliphatic carbocycles. The quantitative estimate of drug-likeness (QED) is 0.833. The van der Waals surface area contributed by atoms with E-state index in [1.165, 1.54) is 12.8 Å². The Morgan fingerprint density at radius 2 is 2.05 bits per heavy atom. The van der Waals surface area contributed by atoms with Gasteiger partial charge in [-0.2, -0.15) is 0 Å². The van der Waals surface area contributed by atoms with Crippen molar-refractivity contribution in [3.8, 4) is 0 Å². The molecule has 0 spiro atoms. The molecule has 4 nitrogen and oxygen atoms in total. The van der Waals surface area contributed by atoms with Gasteiger partial charge in [-0.15, -0.1) is 0 Å². The third kappa shape index (κ3) is 3.18. The largest absolute Gasteiger partial charge is 0.390 e. The standard InChI is InChI=1S/C15H26N2O2/c1-3-17-11-10-16-14(17)12-13(18)15(19-2)8-6-4-5-7-9-15/h10-11,13,18H,3-9,12H2,1-2H3. The first kappa shape index (κ1) is 14.5. The van der Waals surface area contributed by atoms with Crippen molar-refractivity contribution < 1.29 is 9.84 Å². The summed E-state index contributed by atoms with van der Waals surface area (Å²) in [4.78, 5) is 4.36. The maximum Gasteiger partial charge on any atom is 0.111 e. The van der Waals surface area contributed by atoms with Gasteiger partial charge in [0, 0.05) is 32.5 Å². The van der Waals surface area contributed by atoms with Crippen molar-refractivity contribution in [2.75, 3.05) is 7.11 Å². The first-order valence-electron chi connectivity index (χ1n) is 7.45. The molecule has 0 aromatic carbocycles. The molecule has 1 N–H and O–H groups in total. The maximum atomic E-state index is 10.7. The van der Waals surface area contributed by atoms with E-state index in [9.17, 15) is 5.11 Å². The van der Waals surface area contributed by atoms with Gasteiger partial charge in [0.05, 0.1) is 11.7 Å². The lowest BCUT2D eigenvalue weighted by Crippen LogP contribution is -2.45. The Balaban J connectivity index is 2.09. The van der Waals surface area contributed by atoms with Crippen LogP contribution in [0.5, 0.6) is 0 Å². The van der Waals surface area contributed by atoms with E-state index < -0.39 is 6.10 Å². The van der Waals surface area contributed by atoms with Gasteiger partial charge in [0.1, 0.15) is 5.82 Å². The fraction of sp³-hybridized carbons (Fsp3) is 0.800. The monoisotopic (exact) mass is 266 g/mol. The lowest BCUT2D eigenvalue weighted by molar-refractivity contribution is -0.111. The molecule has 1 saturated carbocycles. The second-order valence-electron chi connectivity index (χ2n) is 5.53. The van der Waals surface area contributed by atoms with Crippen LogP contribution in [0.4, 0.5) is 0 Å². The fourth-order valence-corrected chi connectivity index (χ4v) is 3.18. The van der Waals surface area contributed by atoms with Gasteiger partial charge in [-0.05, 0) is 19.8 Å². The molecule has 0 aliphatic heterocycles. The highest BCUT2D eigenvalue weighted by atomic mass is 16.5. The molecule has 19 heavy (non-hydrogen) atoms. The Bertz CT molecular complexity index is 381. The van der Waals surface area contributed by atoms with Crippen LogP contribution in [0.1, 0.15) is 51.3 Å². The molecule has 1 fully saturated rings. The van der Waals surface area contributed by atoms with Crippen molar-refractivity contribution in [1.82, 2.24) is 9.55 Å². The Labute approximate surface area is 115 Å². The Morgan fingerprint density at radius 1 is 1.37 bits per heavy atom. The van der Waals surface area contributed by atoms with Crippen LogP contribution in [0.2, 0.25) is 0 Å². The van der Waals surface area contributed by atoms with Crippen molar-refractivity contribution >= 4 is 0 Å². The minimum atomic E-state index is -0.469. The highest BCUT2D eigenvalue weighted by Crippen LogP contribution is 2.34. The van der Waals surface area contributed by atoms with E-state index in [2.05, 4.69) is 16.5 Å². The van der Waals surface area contributed by atoms with Gasteiger partial charge in [-0.25, -0.2) is 4.98 Å². The van der Waals surface area contributed by atoms with Crippen molar-refractivity contribution in [3.63, 3.8) is 0 Å². The molecular weight excluding hydrogens is 240 g/mol. The first-order valence-corrected chi connectivity index (χ1v) is 7.45. The average Bonchev–Trinajstić information content (AvgIpc) is 2.73. The number of aryl methyl sites for hydroxylation is 1. The molecule has 1 aromatic rings. The lowest BCUT2D eigenvalue weighted by atomic mass is 9.86. The summed E-state index contributed by atoms with van der Waals surface area (Å²) in [5.74, 6) is 0.954. The molecular formula is C15H26N2O2. The van der Waals surface area contributed by atoms with Gasteiger partial charge >= 0.3 is 0 Å². The molecule has 108 valence electrons. The lowest BCUT2D eigenvalue weighted by Gasteiger charge is -2.36. The molecule has 1 unspecified atom stereocenters. The maximum absolute atomic E-state index is 10.7. The van der Waals surface area contributed by atoms with Crippen molar-refractivity contribution in [2.45, 2.75) is 70.1 Å². The van der Waals surface area contributed by atoms with E-state index in [-0.39, 0.29) is 5.60 Å². The zero-order valence-electron chi connectivity index (χ0n) is 12.1. The number of aliphatic hydroxyl groups is 1. The van der Waals surface area contributed by atoms with Gasteiger partial charge in [0.25, 0.3) is 0 Å². The summed E-state index contributed by atoms with van der Waals surface area (Å²) in [6.07, 6.45) is 10.6. The molecule has 0 radical (unpaired) electrons. The molecule has 1 aliphatic rings. The Kier molecular flexibility index (Phi) is 4.99. The van der Waals surface area contributed by atoms with Crippen LogP contribution in [0.15, 0.2) is 12.4 Å². The normalized spacial score (nSPS) is 21.0. The van der Waals surface area contributed by atoms with Crippen LogP contribution in [-0.4, -0.2) is 33.5 Å². The highest BCUT2D eigenvalue weighted by Gasteiger charge is 2.38. The van der Waals surface area contributed by atoms with Crippen molar-refractivity contribution in [2.24, 2.45) is 0 Å². The van der Waals surface area contributed by atoms with Crippen LogP contribution in [0, 0.1) is 0 Å². The van der Waals surface area contributed by atoms with Crippen LogP contribution < -0.4 is 0 Å². The third-order valence-electron chi connectivity index (χ3n) is 4.48. The van der Waals surface area contributed by atoms with Crippen LogP contribution in [-0.2, 0) is 17.7 Å². The van der Waals surface area contributed by atoms with Crippen LogP contribution >= 0.6 is 0 Å². The third-order valence-corrected chi connectivity index (χ3v) is 4.48. The molecule has 1 atom stereocenters. The average molecular weight is 266 g/mol. The number of ether oxygens (including phenoxy) is 1. The number of rotatable bonds is 5. The summed E-state index contributed by atoms with van der Waals surface area (Å²) >= 11 is 0. The number of nitrogens with zero attached hydrogens (tertiary/aromatic N) is 2. The number of methoxy groups -OCH3 is 1. The summed E-state index contributed by atoms with van der Waals surface area (Å²) < 4.78 is 7.84. The van der Waals surface area contributed by atoms with Crippen LogP contribution in [0.25, 0.3) is 0 Å². The predicted molar refractivity (Wildman–Crippen MR) is 75.1 cm³/mol. The van der Waals surface area contributed by atoms with Crippen molar-refractivity contribution in [3.05, 3.63) is 18.2 Å². The summed E-state index contributed by atoms with van der Waals surface area (Å²) in [6, 6.07) is 0. The summed E-state index contributed by atoms with van der Waals surface area (Å²) in [5, 5.41) is 10.7. The smallest absolute Gasteiger partial charge is 0.111 e. The second-order valence-corrected chi connectivity index (χ2v) is 5.53. The van der Waals surface area contributed by atoms with E-state index in [0.717, 1.165) is 38.1 Å². The minimum absolute atomic E-state index is 0.374. The van der Waals surface area contributed by atoms with E-state index in [1.807, 2.05) is 6.20 Å². The van der Waals surface area contributed by atoms with E-state index in [1.54, 1.807) is 13.3 Å². The first-order chi connectivity index (χ1) is 9.22. The molecule has 1 heterocycles. The molecule has 0 amide bonds. The zero-order chi connectivity index (χ0) is 13.7. The molecule has 0 saturated heterocycles. The number of hydrogen-bond acceptors (Lipinski definition) is 3. The summed E-state index contributed by atoms with van der Waals surface area (Å²) in [6.45, 7) is 2.98. The molecule has 1 aromatic heterocycles. The summed E-state index contributed by atoms with van der Waals surface area (Å²) in [7, 11) is 1.74. The predicted octanol–water partition coefficient (Wildman–Crippen LogP) is 2.55. The minimum Gasteiger partial charge on any atom is -0.390 e. The second kappa shape index (κ2) is 6.53. The van der Waals surface area contributed by atoms with Crippen LogP contribution in [0.3, 0.4) is 0 Å². The van der Waals surface area contributed by atoms with Gasteiger partial charge in [0.15, 0.2) is 0 Å². The van der Waals surface area contributed by atoms with Gasteiger partial charge < -0.3 is 14.4 Å². The van der Waals surface area contributed by atoms with Gasteiger partial charge in [-0.3, -0.25) is 0 Å². The fourth-order valence-electron chi connectivity index (χ4n) is 3.18. The number of aromatic nitrogens is 2. The van der Waals surface area contributed by atoms with Gasteiger partial charge in [-0.1, -0.05) is 25.7 Å². The van der Waals surface area contributed by atoms with E-state index >= 15 is 0 Å². The molecule has 0 bridgehead atoms. The van der Waals surface area contributed by atoms with E-state index in [4.69, 9.17) is 4.74 Å². The Hall–Kier alpha value is -0.870. The number of imidazole rings is 1. The topological polar surface area (TPSA) is 47.3 Å². The molecule has 4 heteroatoms. The Morgan fingerprint density at radius 3 is 2.63 bits per heavy atom. The molecule has 2 rings (SSSR count). The highest BCUT2D eigenvalue weighted by molar-refractivity contribution is 5.00. The number of hydrogen-bond donors (Lipinski definition) is 1. The zero-order valence-corrected chi connectivity index (χ0v) is 12.1. The van der Waals surface area contributed by atoms with Crippen molar-refractivity contribution in [1.29, 1.82) is 0 Å². The number of aliphatic hydroxyl groups excluding tert-OH is 1. The summed E-state index contributed by atoms with van der Waals surface area (Å²) in [5.41, 5.74) is -0.374.